The SMILES string of the molecule is C=C([C@@H]1C[C@H](Nc2ccc(C#N)cn2)C[C@@H]1C)n1c(=N)cnc2[nH]ccc21. The standard InChI is InChI=1S/C20H21N7/c1-12-7-15(26-19-4-3-14(9-21)10-24-19)8-16(12)13(2)27-17-5-6-23-20(17)25-11-18(27)22/h3-6,10-12,15-16,22-23H,2,7-8H2,1H3,(H,24,26)/t12-,15+,16+/m0/s1. The van der Waals surface area contributed by atoms with Gasteiger partial charge < -0.3 is 10.3 Å². The van der Waals surface area contributed by atoms with Gasteiger partial charge in [0, 0.05) is 30.1 Å². The van der Waals surface area contributed by atoms with Crippen molar-refractivity contribution in [2.24, 2.45) is 11.8 Å². The van der Waals surface area contributed by atoms with Crippen LogP contribution in [-0.2, 0) is 0 Å². The van der Waals surface area contributed by atoms with Gasteiger partial charge in [0.2, 0.25) is 0 Å². The van der Waals surface area contributed by atoms with E-state index in [-0.39, 0.29) is 12.0 Å². The first-order valence-electron chi connectivity index (χ1n) is 8.98. The molecule has 0 bridgehead atoms. The molecule has 3 heterocycles. The molecular weight excluding hydrogens is 338 g/mol. The van der Waals surface area contributed by atoms with Crippen molar-refractivity contribution in [1.29, 1.82) is 10.7 Å². The van der Waals surface area contributed by atoms with Crippen LogP contribution in [0.25, 0.3) is 16.9 Å². The normalized spacial score (nSPS) is 21.9. The molecule has 0 amide bonds. The Kier molecular flexibility index (Phi) is 4.24. The molecule has 3 aromatic heterocycles. The van der Waals surface area contributed by atoms with E-state index in [0.717, 1.165) is 35.5 Å². The molecule has 1 fully saturated rings. The van der Waals surface area contributed by atoms with Crippen LogP contribution < -0.4 is 10.8 Å². The molecule has 1 saturated carbocycles. The summed E-state index contributed by atoms with van der Waals surface area (Å²) >= 11 is 0. The summed E-state index contributed by atoms with van der Waals surface area (Å²) in [7, 11) is 0. The monoisotopic (exact) mass is 359 g/mol. The van der Waals surface area contributed by atoms with Crippen LogP contribution >= 0.6 is 0 Å². The van der Waals surface area contributed by atoms with E-state index in [1.54, 1.807) is 18.5 Å². The second-order valence-corrected chi connectivity index (χ2v) is 7.12. The molecule has 3 N–H and O–H groups in total. The Hall–Kier alpha value is -3.40. The van der Waals surface area contributed by atoms with Crippen molar-refractivity contribution in [1.82, 2.24) is 19.5 Å². The molecule has 27 heavy (non-hydrogen) atoms. The van der Waals surface area contributed by atoms with E-state index in [9.17, 15) is 0 Å². The predicted octanol–water partition coefficient (Wildman–Crippen LogP) is 3.11. The Morgan fingerprint density at radius 3 is 2.93 bits per heavy atom. The largest absolute Gasteiger partial charge is 0.367 e. The third kappa shape index (κ3) is 3.10. The second-order valence-electron chi connectivity index (χ2n) is 7.12. The van der Waals surface area contributed by atoms with Gasteiger partial charge in [-0.3, -0.25) is 9.98 Å². The van der Waals surface area contributed by atoms with Gasteiger partial charge in [-0.2, -0.15) is 5.26 Å². The van der Waals surface area contributed by atoms with Gasteiger partial charge in [0.1, 0.15) is 17.4 Å². The van der Waals surface area contributed by atoms with Gasteiger partial charge in [-0.1, -0.05) is 13.5 Å². The van der Waals surface area contributed by atoms with Crippen LogP contribution in [0, 0.1) is 28.6 Å². The molecule has 0 unspecified atom stereocenters. The number of rotatable bonds is 4. The molecule has 7 heteroatoms. The number of allylic oxidation sites excluding steroid dienone is 1. The average molecular weight is 359 g/mol. The predicted molar refractivity (Wildman–Crippen MR) is 104 cm³/mol. The number of hydrogen-bond acceptors (Lipinski definition) is 5. The summed E-state index contributed by atoms with van der Waals surface area (Å²) in [4.78, 5) is 11.7. The topological polar surface area (TPSA) is 106 Å². The Morgan fingerprint density at radius 2 is 2.19 bits per heavy atom. The summed E-state index contributed by atoms with van der Waals surface area (Å²) < 4.78 is 1.89. The molecule has 1 aliphatic carbocycles. The summed E-state index contributed by atoms with van der Waals surface area (Å²) in [5, 5.41) is 20.7. The lowest BCUT2D eigenvalue weighted by Gasteiger charge is -2.21. The summed E-state index contributed by atoms with van der Waals surface area (Å²) in [6.45, 7) is 6.56. The fraction of sp³-hybridized carbons (Fsp3) is 0.300. The maximum Gasteiger partial charge on any atom is 0.154 e. The van der Waals surface area contributed by atoms with Gasteiger partial charge in [0.25, 0.3) is 0 Å². The highest BCUT2D eigenvalue weighted by Gasteiger charge is 2.34. The van der Waals surface area contributed by atoms with Crippen LogP contribution in [0.5, 0.6) is 0 Å². The lowest BCUT2D eigenvalue weighted by atomic mass is 9.95. The molecule has 1 aliphatic rings. The van der Waals surface area contributed by atoms with Crippen molar-refractivity contribution in [2.75, 3.05) is 5.32 Å². The molecule has 0 saturated heterocycles. The smallest absolute Gasteiger partial charge is 0.154 e. The number of fused-ring (bicyclic) bond motifs is 1. The lowest BCUT2D eigenvalue weighted by molar-refractivity contribution is 0.501. The molecule has 0 spiro atoms. The highest BCUT2D eigenvalue weighted by molar-refractivity contribution is 5.75. The Morgan fingerprint density at radius 1 is 1.33 bits per heavy atom. The van der Waals surface area contributed by atoms with Crippen molar-refractivity contribution in [3.8, 4) is 6.07 Å². The quantitative estimate of drug-likeness (QED) is 0.665. The lowest BCUT2D eigenvalue weighted by Crippen LogP contribution is -2.24. The summed E-state index contributed by atoms with van der Waals surface area (Å²) in [5.41, 5.74) is 3.46. The Labute approximate surface area is 156 Å². The number of anilines is 1. The number of hydrogen-bond donors (Lipinski definition) is 3. The van der Waals surface area contributed by atoms with Crippen LogP contribution in [0.2, 0.25) is 0 Å². The van der Waals surface area contributed by atoms with Gasteiger partial charge >= 0.3 is 0 Å². The van der Waals surface area contributed by atoms with Gasteiger partial charge in [0.15, 0.2) is 5.65 Å². The second kappa shape index (κ2) is 6.72. The fourth-order valence-electron chi connectivity index (χ4n) is 4.01. The van der Waals surface area contributed by atoms with E-state index in [4.69, 9.17) is 10.7 Å². The molecule has 136 valence electrons. The van der Waals surface area contributed by atoms with E-state index < -0.39 is 0 Å². The van der Waals surface area contributed by atoms with Crippen molar-refractivity contribution in [3.63, 3.8) is 0 Å². The first kappa shape index (κ1) is 17.0. The third-order valence-corrected chi connectivity index (χ3v) is 5.34. The average Bonchev–Trinajstić information content (AvgIpc) is 3.28. The Balaban J connectivity index is 1.55. The van der Waals surface area contributed by atoms with Crippen molar-refractivity contribution in [3.05, 3.63) is 54.4 Å². The van der Waals surface area contributed by atoms with E-state index in [0.29, 0.717) is 17.0 Å². The molecule has 0 aromatic carbocycles. The molecule has 0 aliphatic heterocycles. The van der Waals surface area contributed by atoms with Crippen molar-refractivity contribution in [2.45, 2.75) is 25.8 Å². The van der Waals surface area contributed by atoms with Crippen LogP contribution in [0.15, 0.2) is 43.4 Å². The van der Waals surface area contributed by atoms with Crippen molar-refractivity contribution < 1.29 is 0 Å². The molecular formula is C20H21N7. The van der Waals surface area contributed by atoms with Crippen LogP contribution in [0.3, 0.4) is 0 Å². The molecule has 7 nitrogen and oxygen atoms in total. The minimum absolute atomic E-state index is 0.260. The number of aromatic amines is 1. The summed E-state index contributed by atoms with van der Waals surface area (Å²) in [6, 6.07) is 7.90. The number of pyridine rings is 1. The van der Waals surface area contributed by atoms with E-state index in [1.165, 1.54) is 0 Å². The van der Waals surface area contributed by atoms with Crippen LogP contribution in [-0.4, -0.2) is 25.6 Å². The Bertz CT molecular complexity index is 1080. The van der Waals surface area contributed by atoms with Gasteiger partial charge in [0.05, 0.1) is 17.3 Å². The van der Waals surface area contributed by atoms with Crippen LogP contribution in [0.1, 0.15) is 25.3 Å². The highest BCUT2D eigenvalue weighted by Crippen LogP contribution is 2.39. The van der Waals surface area contributed by atoms with Gasteiger partial charge in [-0.15, -0.1) is 0 Å². The van der Waals surface area contributed by atoms with Crippen molar-refractivity contribution >= 4 is 22.7 Å². The number of aromatic nitrogens is 4. The van der Waals surface area contributed by atoms with E-state index >= 15 is 0 Å². The molecule has 0 radical (unpaired) electrons. The van der Waals surface area contributed by atoms with Gasteiger partial charge in [-0.25, -0.2) is 9.97 Å². The first-order chi connectivity index (χ1) is 13.1. The number of nitrogens with one attached hydrogen (secondary N) is 3. The fourth-order valence-corrected chi connectivity index (χ4v) is 4.01. The first-order valence-corrected chi connectivity index (χ1v) is 8.98. The minimum Gasteiger partial charge on any atom is -0.367 e. The molecule has 4 rings (SSSR count). The minimum atomic E-state index is 0.260. The third-order valence-electron chi connectivity index (χ3n) is 5.34. The van der Waals surface area contributed by atoms with Gasteiger partial charge in [-0.05, 0) is 37.0 Å². The molecule has 3 aromatic rings. The number of H-pyrrole nitrogens is 1. The number of nitrogens with zero attached hydrogens (tertiary/aromatic N) is 4. The zero-order chi connectivity index (χ0) is 19.0. The zero-order valence-electron chi connectivity index (χ0n) is 15.1. The van der Waals surface area contributed by atoms with E-state index in [2.05, 4.69) is 39.8 Å². The maximum absolute atomic E-state index is 8.89. The van der Waals surface area contributed by atoms with E-state index in [1.807, 2.05) is 22.9 Å². The maximum atomic E-state index is 8.89. The highest BCUT2D eigenvalue weighted by atomic mass is 15.1. The number of nitriles is 1. The zero-order valence-corrected chi connectivity index (χ0v) is 15.1. The molecule has 3 atom stereocenters. The summed E-state index contributed by atoms with van der Waals surface area (Å²) in [6.07, 6.45) is 6.89. The summed E-state index contributed by atoms with van der Waals surface area (Å²) in [5.74, 6) is 1.47. The van der Waals surface area contributed by atoms with Crippen LogP contribution in [0.4, 0.5) is 5.82 Å².